The Hall–Kier alpha value is -1.59. The SMILES string of the molecule is COC(=O)C(NC(=O)C(C)C1CNC1)c1ccccc1.Cl. The third-order valence-corrected chi connectivity index (χ3v) is 3.79. The number of nitrogens with one attached hydrogen (secondary N) is 2. The molecule has 1 aromatic rings. The van der Waals surface area contributed by atoms with Crippen LogP contribution in [0.2, 0.25) is 0 Å². The molecule has 0 radical (unpaired) electrons. The number of hydrogen-bond donors (Lipinski definition) is 2. The molecule has 0 bridgehead atoms. The zero-order valence-corrected chi connectivity index (χ0v) is 13.0. The van der Waals surface area contributed by atoms with Crippen molar-refractivity contribution in [2.24, 2.45) is 11.8 Å². The molecule has 116 valence electrons. The molecule has 0 aliphatic carbocycles. The van der Waals surface area contributed by atoms with Gasteiger partial charge in [-0.1, -0.05) is 37.3 Å². The Morgan fingerprint density at radius 1 is 1.29 bits per heavy atom. The lowest BCUT2D eigenvalue weighted by Crippen LogP contribution is -2.50. The summed E-state index contributed by atoms with van der Waals surface area (Å²) in [6.45, 7) is 3.59. The fraction of sp³-hybridized carbons (Fsp3) is 0.467. The Balaban J connectivity index is 0.00000220. The maximum atomic E-state index is 12.2. The number of amides is 1. The smallest absolute Gasteiger partial charge is 0.333 e. The minimum atomic E-state index is -0.746. The molecule has 1 fully saturated rings. The Bertz CT molecular complexity index is 477. The van der Waals surface area contributed by atoms with E-state index in [0.717, 1.165) is 18.7 Å². The van der Waals surface area contributed by atoms with Crippen LogP contribution in [0.4, 0.5) is 0 Å². The summed E-state index contributed by atoms with van der Waals surface area (Å²) >= 11 is 0. The van der Waals surface area contributed by atoms with Crippen LogP contribution in [-0.4, -0.2) is 32.1 Å². The quantitative estimate of drug-likeness (QED) is 0.804. The number of carbonyl (C=O) groups excluding carboxylic acids is 2. The molecule has 1 heterocycles. The second kappa shape index (κ2) is 8.00. The van der Waals surface area contributed by atoms with Crippen molar-refractivity contribution in [2.45, 2.75) is 13.0 Å². The van der Waals surface area contributed by atoms with E-state index in [1.54, 1.807) is 12.1 Å². The Morgan fingerprint density at radius 3 is 2.38 bits per heavy atom. The van der Waals surface area contributed by atoms with Gasteiger partial charge in [-0.2, -0.15) is 0 Å². The van der Waals surface area contributed by atoms with Gasteiger partial charge in [0.1, 0.15) is 0 Å². The second-order valence-electron chi connectivity index (χ2n) is 5.08. The number of halogens is 1. The van der Waals surface area contributed by atoms with Gasteiger partial charge < -0.3 is 15.4 Å². The summed E-state index contributed by atoms with van der Waals surface area (Å²) in [5, 5.41) is 5.94. The number of carbonyl (C=O) groups is 2. The van der Waals surface area contributed by atoms with E-state index < -0.39 is 12.0 Å². The lowest BCUT2D eigenvalue weighted by molar-refractivity contribution is -0.146. The molecule has 1 aliphatic rings. The van der Waals surface area contributed by atoms with Gasteiger partial charge in [0.15, 0.2) is 6.04 Å². The first-order valence-corrected chi connectivity index (χ1v) is 6.77. The lowest BCUT2D eigenvalue weighted by Gasteiger charge is -2.32. The molecule has 2 rings (SSSR count). The van der Waals surface area contributed by atoms with Gasteiger partial charge >= 0.3 is 5.97 Å². The van der Waals surface area contributed by atoms with E-state index in [2.05, 4.69) is 10.6 Å². The molecule has 21 heavy (non-hydrogen) atoms. The first-order valence-electron chi connectivity index (χ1n) is 6.77. The van der Waals surface area contributed by atoms with Crippen molar-refractivity contribution < 1.29 is 14.3 Å². The van der Waals surface area contributed by atoms with E-state index in [9.17, 15) is 9.59 Å². The maximum Gasteiger partial charge on any atom is 0.333 e. The van der Waals surface area contributed by atoms with E-state index >= 15 is 0 Å². The molecule has 1 aliphatic heterocycles. The van der Waals surface area contributed by atoms with E-state index in [-0.39, 0.29) is 24.2 Å². The first kappa shape index (κ1) is 17.5. The molecular formula is C15H21ClN2O3. The highest BCUT2D eigenvalue weighted by Gasteiger charge is 2.32. The predicted molar refractivity (Wildman–Crippen MR) is 82.1 cm³/mol. The van der Waals surface area contributed by atoms with Gasteiger partial charge in [0.2, 0.25) is 5.91 Å². The normalized spacial score (nSPS) is 16.9. The minimum Gasteiger partial charge on any atom is -0.467 e. The van der Waals surface area contributed by atoms with Crippen LogP contribution in [0.25, 0.3) is 0 Å². The van der Waals surface area contributed by atoms with Crippen molar-refractivity contribution in [3.05, 3.63) is 35.9 Å². The molecule has 5 nitrogen and oxygen atoms in total. The summed E-state index contributed by atoms with van der Waals surface area (Å²) in [6, 6.07) is 8.38. The zero-order valence-electron chi connectivity index (χ0n) is 12.2. The van der Waals surface area contributed by atoms with E-state index in [1.807, 2.05) is 25.1 Å². The number of esters is 1. The molecule has 0 saturated carbocycles. The fourth-order valence-electron chi connectivity index (χ4n) is 2.19. The molecule has 1 saturated heterocycles. The fourth-order valence-corrected chi connectivity index (χ4v) is 2.19. The number of benzene rings is 1. The summed E-state index contributed by atoms with van der Waals surface area (Å²) in [6.07, 6.45) is 0. The van der Waals surface area contributed by atoms with Crippen molar-refractivity contribution in [3.8, 4) is 0 Å². The van der Waals surface area contributed by atoms with Crippen LogP contribution >= 0.6 is 12.4 Å². The maximum absolute atomic E-state index is 12.2. The third kappa shape index (κ3) is 4.19. The highest BCUT2D eigenvalue weighted by atomic mass is 35.5. The number of ether oxygens (including phenoxy) is 1. The van der Waals surface area contributed by atoms with E-state index in [0.29, 0.717) is 5.92 Å². The molecule has 0 aromatic heterocycles. The highest BCUT2D eigenvalue weighted by Crippen LogP contribution is 2.19. The average molecular weight is 313 g/mol. The zero-order chi connectivity index (χ0) is 14.5. The summed E-state index contributed by atoms with van der Waals surface area (Å²) in [4.78, 5) is 24.1. The molecule has 2 unspecified atom stereocenters. The Morgan fingerprint density at radius 2 is 1.90 bits per heavy atom. The van der Waals surface area contributed by atoms with Gasteiger partial charge in [0.05, 0.1) is 7.11 Å². The van der Waals surface area contributed by atoms with Crippen LogP contribution < -0.4 is 10.6 Å². The van der Waals surface area contributed by atoms with Crippen LogP contribution in [0, 0.1) is 11.8 Å². The van der Waals surface area contributed by atoms with Crippen LogP contribution in [0.15, 0.2) is 30.3 Å². The molecule has 1 amide bonds. The lowest BCUT2D eigenvalue weighted by atomic mass is 9.88. The van der Waals surface area contributed by atoms with E-state index in [1.165, 1.54) is 7.11 Å². The van der Waals surface area contributed by atoms with Crippen molar-refractivity contribution >= 4 is 24.3 Å². The summed E-state index contributed by atoms with van der Waals surface area (Å²) in [7, 11) is 1.32. The second-order valence-corrected chi connectivity index (χ2v) is 5.08. The van der Waals surface area contributed by atoms with Crippen molar-refractivity contribution in [2.75, 3.05) is 20.2 Å². The molecule has 6 heteroatoms. The largest absolute Gasteiger partial charge is 0.467 e. The summed E-state index contributed by atoms with van der Waals surface area (Å²) in [5.74, 6) is -0.351. The minimum absolute atomic E-state index is 0. The number of rotatable bonds is 5. The topological polar surface area (TPSA) is 67.4 Å². The van der Waals surface area contributed by atoms with Crippen LogP contribution in [-0.2, 0) is 14.3 Å². The molecule has 1 aromatic carbocycles. The monoisotopic (exact) mass is 312 g/mol. The Labute approximate surface area is 130 Å². The average Bonchev–Trinajstić information content (AvgIpc) is 2.42. The van der Waals surface area contributed by atoms with Gasteiger partial charge in [0.25, 0.3) is 0 Å². The van der Waals surface area contributed by atoms with Gasteiger partial charge in [-0.15, -0.1) is 12.4 Å². The molecule has 2 atom stereocenters. The van der Waals surface area contributed by atoms with Gasteiger partial charge in [-0.05, 0) is 24.6 Å². The molecule has 0 spiro atoms. The van der Waals surface area contributed by atoms with Crippen LogP contribution in [0.5, 0.6) is 0 Å². The summed E-state index contributed by atoms with van der Waals surface area (Å²) in [5.41, 5.74) is 0.728. The van der Waals surface area contributed by atoms with Gasteiger partial charge in [-0.25, -0.2) is 4.79 Å². The van der Waals surface area contributed by atoms with Crippen LogP contribution in [0.3, 0.4) is 0 Å². The molecular weight excluding hydrogens is 292 g/mol. The standard InChI is InChI=1S/C15H20N2O3.ClH/c1-10(12-8-16-9-12)14(18)17-13(15(19)20-2)11-6-4-3-5-7-11;/h3-7,10,12-13,16H,8-9H2,1-2H3,(H,17,18);1H. The highest BCUT2D eigenvalue weighted by molar-refractivity contribution is 5.86. The van der Waals surface area contributed by atoms with Gasteiger partial charge in [-0.3, -0.25) is 4.79 Å². The van der Waals surface area contributed by atoms with E-state index in [4.69, 9.17) is 4.74 Å². The predicted octanol–water partition coefficient (Wildman–Crippen LogP) is 1.29. The van der Waals surface area contributed by atoms with Gasteiger partial charge in [0, 0.05) is 5.92 Å². The molecule has 2 N–H and O–H groups in total. The third-order valence-electron chi connectivity index (χ3n) is 3.79. The number of hydrogen-bond acceptors (Lipinski definition) is 4. The first-order chi connectivity index (χ1) is 9.63. The van der Waals surface area contributed by atoms with Crippen molar-refractivity contribution in [1.29, 1.82) is 0 Å². The summed E-state index contributed by atoms with van der Waals surface area (Å²) < 4.78 is 4.78. The van der Waals surface area contributed by atoms with Crippen molar-refractivity contribution in [3.63, 3.8) is 0 Å². The Kier molecular flexibility index (Phi) is 6.65. The number of methoxy groups -OCH3 is 1. The van der Waals surface area contributed by atoms with Crippen LogP contribution in [0.1, 0.15) is 18.5 Å². The van der Waals surface area contributed by atoms with Crippen molar-refractivity contribution in [1.82, 2.24) is 10.6 Å².